The van der Waals surface area contributed by atoms with E-state index in [9.17, 15) is 14.4 Å². The summed E-state index contributed by atoms with van der Waals surface area (Å²) in [5.74, 6) is -0.881. The van der Waals surface area contributed by atoms with Crippen molar-refractivity contribution in [2.75, 3.05) is 13.1 Å². The van der Waals surface area contributed by atoms with Crippen molar-refractivity contribution in [3.63, 3.8) is 0 Å². The van der Waals surface area contributed by atoms with Gasteiger partial charge >= 0.3 is 12.1 Å². The summed E-state index contributed by atoms with van der Waals surface area (Å²) in [5.41, 5.74) is -0.659. The van der Waals surface area contributed by atoms with Crippen LogP contribution >= 0.6 is 0 Å². The minimum atomic E-state index is -0.889. The van der Waals surface area contributed by atoms with E-state index in [1.807, 2.05) is 0 Å². The van der Waals surface area contributed by atoms with Crippen molar-refractivity contribution in [3.05, 3.63) is 0 Å². The lowest BCUT2D eigenvalue weighted by Crippen LogP contribution is -2.58. The third-order valence-electron chi connectivity index (χ3n) is 2.69. The number of nitrogens with one attached hydrogen (secondary N) is 1. The van der Waals surface area contributed by atoms with Crippen LogP contribution in [-0.2, 0) is 19.1 Å². The minimum Gasteiger partial charge on any atom is -0.463 e. The average Bonchev–Trinajstić information content (AvgIpc) is 2.28. The standard InChI is InChI=1S/C14H24N2O5/c1-9(2)20-11(17)8-10-12(18)15-6-7-16(10)13(19)21-14(3,4)5/h9-10H,6-8H2,1-5H3,(H,15,18)/t10-/m1/s1. The molecule has 1 saturated heterocycles. The van der Waals surface area contributed by atoms with Crippen molar-refractivity contribution in [1.82, 2.24) is 10.2 Å². The van der Waals surface area contributed by atoms with Crippen LogP contribution in [0.3, 0.4) is 0 Å². The summed E-state index contributed by atoms with van der Waals surface area (Å²) in [5, 5.41) is 2.64. The third kappa shape index (κ3) is 5.61. The summed E-state index contributed by atoms with van der Waals surface area (Å²) in [6.07, 6.45) is -1.04. The van der Waals surface area contributed by atoms with Crippen molar-refractivity contribution in [3.8, 4) is 0 Å². The van der Waals surface area contributed by atoms with Crippen LogP contribution < -0.4 is 5.32 Å². The van der Waals surface area contributed by atoms with Gasteiger partial charge < -0.3 is 14.8 Å². The van der Waals surface area contributed by atoms with Gasteiger partial charge in [0, 0.05) is 13.1 Å². The van der Waals surface area contributed by atoms with E-state index in [1.54, 1.807) is 34.6 Å². The van der Waals surface area contributed by atoms with E-state index in [2.05, 4.69) is 5.32 Å². The Hall–Kier alpha value is -1.79. The molecule has 1 aliphatic rings. The molecule has 1 fully saturated rings. The zero-order valence-corrected chi connectivity index (χ0v) is 13.3. The molecule has 0 aromatic rings. The summed E-state index contributed by atoms with van der Waals surface area (Å²) in [4.78, 5) is 37.1. The summed E-state index contributed by atoms with van der Waals surface area (Å²) in [6.45, 7) is 9.34. The maximum Gasteiger partial charge on any atom is 0.411 e. The number of rotatable bonds is 3. The first-order valence-corrected chi connectivity index (χ1v) is 7.07. The lowest BCUT2D eigenvalue weighted by Gasteiger charge is -2.35. The lowest BCUT2D eigenvalue weighted by atomic mass is 10.1. The maximum atomic E-state index is 12.1. The average molecular weight is 300 g/mol. The quantitative estimate of drug-likeness (QED) is 0.788. The molecule has 7 heteroatoms. The largest absolute Gasteiger partial charge is 0.463 e. The molecule has 0 aliphatic carbocycles. The lowest BCUT2D eigenvalue weighted by molar-refractivity contribution is -0.151. The number of carbonyl (C=O) groups excluding carboxylic acids is 3. The van der Waals surface area contributed by atoms with Gasteiger partial charge in [0.25, 0.3) is 0 Å². The number of ether oxygens (including phenoxy) is 2. The van der Waals surface area contributed by atoms with Gasteiger partial charge in [0.15, 0.2) is 0 Å². The Morgan fingerprint density at radius 3 is 2.52 bits per heavy atom. The third-order valence-corrected chi connectivity index (χ3v) is 2.69. The Balaban J connectivity index is 2.77. The van der Waals surface area contributed by atoms with E-state index in [1.165, 1.54) is 4.90 Å². The molecule has 1 heterocycles. The SMILES string of the molecule is CC(C)OC(=O)C[C@@H]1C(=O)NCCN1C(=O)OC(C)(C)C. The summed E-state index contributed by atoms with van der Waals surface area (Å²) >= 11 is 0. The van der Waals surface area contributed by atoms with Gasteiger partial charge in [-0.25, -0.2) is 4.79 Å². The van der Waals surface area contributed by atoms with Crippen molar-refractivity contribution >= 4 is 18.0 Å². The second-order valence-electron chi connectivity index (χ2n) is 6.22. The second-order valence-corrected chi connectivity index (χ2v) is 6.22. The topological polar surface area (TPSA) is 84.9 Å². The molecule has 0 aromatic heterocycles. The van der Waals surface area contributed by atoms with Gasteiger partial charge in [-0.15, -0.1) is 0 Å². The van der Waals surface area contributed by atoms with Gasteiger partial charge in [-0.1, -0.05) is 0 Å². The van der Waals surface area contributed by atoms with Crippen molar-refractivity contribution in [2.45, 2.75) is 58.8 Å². The highest BCUT2D eigenvalue weighted by Crippen LogP contribution is 2.16. The molecule has 1 atom stereocenters. The van der Waals surface area contributed by atoms with Gasteiger partial charge in [-0.05, 0) is 34.6 Å². The number of nitrogens with zero attached hydrogens (tertiary/aromatic N) is 1. The molecule has 0 unspecified atom stereocenters. The second kappa shape index (κ2) is 6.78. The number of esters is 1. The number of amides is 2. The van der Waals surface area contributed by atoms with Crippen molar-refractivity contribution in [1.29, 1.82) is 0 Å². The number of hydrogen-bond acceptors (Lipinski definition) is 5. The number of piperazine rings is 1. The van der Waals surface area contributed by atoms with Crippen LogP contribution in [0.15, 0.2) is 0 Å². The molecule has 120 valence electrons. The summed E-state index contributed by atoms with van der Waals surface area (Å²) in [6, 6.07) is -0.889. The molecule has 1 aliphatic heterocycles. The van der Waals surface area contributed by atoms with Gasteiger partial charge in [-0.2, -0.15) is 0 Å². The molecule has 1 N–H and O–H groups in total. The van der Waals surface area contributed by atoms with Gasteiger partial charge in [-0.3, -0.25) is 14.5 Å². The number of carbonyl (C=O) groups is 3. The summed E-state index contributed by atoms with van der Waals surface area (Å²) in [7, 11) is 0. The van der Waals surface area contributed by atoms with Crippen LogP contribution in [0.4, 0.5) is 4.79 Å². The molecular weight excluding hydrogens is 276 g/mol. The summed E-state index contributed by atoms with van der Waals surface area (Å²) < 4.78 is 10.3. The molecule has 7 nitrogen and oxygen atoms in total. The van der Waals surface area contributed by atoms with Crippen molar-refractivity contribution < 1.29 is 23.9 Å². The zero-order chi connectivity index (χ0) is 16.2. The first-order chi connectivity index (χ1) is 9.60. The molecule has 2 amide bonds. The predicted octanol–water partition coefficient (Wildman–Crippen LogP) is 1.06. The van der Waals surface area contributed by atoms with E-state index in [4.69, 9.17) is 9.47 Å². The maximum absolute atomic E-state index is 12.1. The fraction of sp³-hybridized carbons (Fsp3) is 0.786. The fourth-order valence-electron chi connectivity index (χ4n) is 1.93. The highest BCUT2D eigenvalue weighted by atomic mass is 16.6. The first-order valence-electron chi connectivity index (χ1n) is 7.07. The first kappa shape index (κ1) is 17.3. The Labute approximate surface area is 124 Å². The molecule has 21 heavy (non-hydrogen) atoms. The molecular formula is C14H24N2O5. The molecule has 0 saturated carbocycles. The molecule has 0 radical (unpaired) electrons. The van der Waals surface area contributed by atoms with Crippen LogP contribution in [0.5, 0.6) is 0 Å². The van der Waals surface area contributed by atoms with Crippen LogP contribution in [0.1, 0.15) is 41.0 Å². The van der Waals surface area contributed by atoms with Crippen molar-refractivity contribution in [2.24, 2.45) is 0 Å². The Kier molecular flexibility index (Phi) is 5.57. The van der Waals surface area contributed by atoms with Gasteiger partial charge in [0.2, 0.25) is 5.91 Å². The Bertz CT molecular complexity index is 414. The van der Waals surface area contributed by atoms with Crippen LogP contribution in [0, 0.1) is 0 Å². The molecule has 0 spiro atoms. The van der Waals surface area contributed by atoms with Gasteiger partial charge in [0.1, 0.15) is 11.6 Å². The minimum absolute atomic E-state index is 0.177. The highest BCUT2D eigenvalue weighted by Gasteiger charge is 2.37. The number of hydrogen-bond donors (Lipinski definition) is 1. The van der Waals surface area contributed by atoms with E-state index in [-0.39, 0.29) is 18.4 Å². The molecule has 0 aromatic carbocycles. The predicted molar refractivity (Wildman–Crippen MR) is 75.6 cm³/mol. The highest BCUT2D eigenvalue weighted by molar-refractivity contribution is 5.90. The van der Waals surface area contributed by atoms with Crippen LogP contribution in [-0.4, -0.2) is 53.7 Å². The molecule has 1 rings (SSSR count). The Morgan fingerprint density at radius 2 is 2.00 bits per heavy atom. The van der Waals surface area contributed by atoms with E-state index in [0.717, 1.165) is 0 Å². The Morgan fingerprint density at radius 1 is 1.38 bits per heavy atom. The zero-order valence-electron chi connectivity index (χ0n) is 13.3. The smallest absolute Gasteiger partial charge is 0.411 e. The monoisotopic (exact) mass is 300 g/mol. The van der Waals surface area contributed by atoms with Gasteiger partial charge in [0.05, 0.1) is 12.5 Å². The molecule has 0 bridgehead atoms. The fourth-order valence-corrected chi connectivity index (χ4v) is 1.93. The normalized spacial score (nSPS) is 19.2. The van der Waals surface area contributed by atoms with E-state index >= 15 is 0 Å². The van der Waals surface area contributed by atoms with E-state index in [0.29, 0.717) is 13.1 Å². The van der Waals surface area contributed by atoms with Crippen LogP contribution in [0.2, 0.25) is 0 Å². The van der Waals surface area contributed by atoms with E-state index < -0.39 is 23.7 Å². The van der Waals surface area contributed by atoms with Crippen LogP contribution in [0.25, 0.3) is 0 Å².